The van der Waals surface area contributed by atoms with Gasteiger partial charge in [-0.25, -0.2) is 0 Å². The Morgan fingerprint density at radius 1 is 1.67 bits per heavy atom. The van der Waals surface area contributed by atoms with Gasteiger partial charge in [0.15, 0.2) is 0 Å². The molecule has 100 valence electrons. The first-order chi connectivity index (χ1) is 8.81. The van der Waals surface area contributed by atoms with Gasteiger partial charge in [-0.3, -0.25) is 4.79 Å². The predicted octanol–water partition coefficient (Wildman–Crippen LogP) is 1.53. The van der Waals surface area contributed by atoms with Crippen LogP contribution in [-0.4, -0.2) is 46.1 Å². The van der Waals surface area contributed by atoms with Gasteiger partial charge >= 0.3 is 0 Å². The molecular weight excluding hydrogens is 248 g/mol. The Labute approximate surface area is 112 Å². The van der Waals surface area contributed by atoms with E-state index < -0.39 is 0 Å². The molecular formula is C12H20N4OS. The normalized spacial score (nSPS) is 19.1. The number of hydrogen-bond acceptors (Lipinski definition) is 5. The Morgan fingerprint density at radius 3 is 3.17 bits per heavy atom. The Bertz CT molecular complexity index is 362. The van der Waals surface area contributed by atoms with Crippen molar-refractivity contribution in [2.24, 2.45) is 0 Å². The maximum absolute atomic E-state index is 12.3. The summed E-state index contributed by atoms with van der Waals surface area (Å²) in [6.07, 6.45) is 6.08. The van der Waals surface area contributed by atoms with Crippen LogP contribution in [0.2, 0.25) is 0 Å². The number of aromatic nitrogens is 2. The van der Waals surface area contributed by atoms with Crippen molar-refractivity contribution in [2.45, 2.75) is 38.6 Å². The Hall–Kier alpha value is -1.01. The highest BCUT2D eigenvalue weighted by Crippen LogP contribution is 2.12. The molecule has 0 bridgehead atoms. The van der Waals surface area contributed by atoms with Crippen LogP contribution in [0.1, 0.15) is 42.3 Å². The fourth-order valence-electron chi connectivity index (χ4n) is 2.22. The summed E-state index contributed by atoms with van der Waals surface area (Å²) >= 11 is 1.18. The molecule has 1 aromatic heterocycles. The standard InChI is InChI=1S/C12H20N4OS/c1-2-3-7-16(9-10-5-4-6-13-10)12(17)11-8-14-15-18-11/h8,10,13H,2-7,9H2,1H3. The number of carbonyl (C=O) groups is 1. The van der Waals surface area contributed by atoms with Crippen LogP contribution >= 0.6 is 11.5 Å². The number of nitrogens with zero attached hydrogens (tertiary/aromatic N) is 3. The van der Waals surface area contributed by atoms with Crippen molar-refractivity contribution in [1.29, 1.82) is 0 Å². The monoisotopic (exact) mass is 268 g/mol. The molecule has 2 rings (SSSR count). The summed E-state index contributed by atoms with van der Waals surface area (Å²) in [6.45, 7) is 4.84. The molecule has 6 heteroatoms. The quantitative estimate of drug-likeness (QED) is 0.850. The van der Waals surface area contributed by atoms with Crippen LogP contribution in [0.5, 0.6) is 0 Å². The van der Waals surface area contributed by atoms with Crippen LogP contribution in [0.25, 0.3) is 0 Å². The van der Waals surface area contributed by atoms with Crippen LogP contribution in [0.15, 0.2) is 6.20 Å². The lowest BCUT2D eigenvalue weighted by atomic mass is 10.2. The van der Waals surface area contributed by atoms with Gasteiger partial charge in [0.1, 0.15) is 4.88 Å². The average molecular weight is 268 g/mol. The fourth-order valence-corrected chi connectivity index (χ4v) is 2.70. The van der Waals surface area contributed by atoms with Gasteiger partial charge in [0.05, 0.1) is 6.20 Å². The molecule has 0 aliphatic carbocycles. The van der Waals surface area contributed by atoms with Crippen LogP contribution < -0.4 is 5.32 Å². The molecule has 1 saturated heterocycles. The lowest BCUT2D eigenvalue weighted by Crippen LogP contribution is -2.41. The zero-order valence-corrected chi connectivity index (χ0v) is 11.6. The van der Waals surface area contributed by atoms with E-state index >= 15 is 0 Å². The highest BCUT2D eigenvalue weighted by molar-refractivity contribution is 7.07. The first-order valence-corrected chi connectivity index (χ1v) is 7.38. The van der Waals surface area contributed by atoms with E-state index in [1.54, 1.807) is 6.20 Å². The van der Waals surface area contributed by atoms with Crippen LogP contribution in [0, 0.1) is 0 Å². The smallest absolute Gasteiger partial charge is 0.267 e. The lowest BCUT2D eigenvalue weighted by molar-refractivity contribution is 0.0744. The number of rotatable bonds is 6. The molecule has 0 aromatic carbocycles. The summed E-state index contributed by atoms with van der Waals surface area (Å²) in [5.74, 6) is 0.0761. The summed E-state index contributed by atoms with van der Waals surface area (Å²) in [7, 11) is 0. The van der Waals surface area contributed by atoms with Crippen molar-refractivity contribution in [3.05, 3.63) is 11.1 Å². The van der Waals surface area contributed by atoms with E-state index in [0.29, 0.717) is 10.9 Å². The molecule has 1 atom stereocenters. The number of unbranched alkanes of at least 4 members (excludes halogenated alkanes) is 1. The second-order valence-corrected chi connectivity index (χ2v) is 5.47. The minimum Gasteiger partial charge on any atom is -0.336 e. The largest absolute Gasteiger partial charge is 0.336 e. The zero-order valence-electron chi connectivity index (χ0n) is 10.8. The van der Waals surface area contributed by atoms with Gasteiger partial charge in [-0.2, -0.15) is 0 Å². The summed E-state index contributed by atoms with van der Waals surface area (Å²) in [6, 6.07) is 0.451. The van der Waals surface area contributed by atoms with E-state index in [4.69, 9.17) is 0 Å². The Balaban J connectivity index is 1.96. The fraction of sp³-hybridized carbons (Fsp3) is 0.750. The van der Waals surface area contributed by atoms with Gasteiger partial charge in [-0.1, -0.05) is 17.8 Å². The third kappa shape index (κ3) is 3.49. The molecule has 1 fully saturated rings. The van der Waals surface area contributed by atoms with Gasteiger partial charge < -0.3 is 10.2 Å². The minimum absolute atomic E-state index is 0.0761. The van der Waals surface area contributed by atoms with Crippen LogP contribution in [0.3, 0.4) is 0 Å². The van der Waals surface area contributed by atoms with E-state index in [9.17, 15) is 4.79 Å². The van der Waals surface area contributed by atoms with E-state index in [2.05, 4.69) is 21.8 Å². The van der Waals surface area contributed by atoms with Gasteiger partial charge in [0, 0.05) is 19.1 Å². The first kappa shape index (κ1) is 13.4. The lowest BCUT2D eigenvalue weighted by Gasteiger charge is -2.25. The molecule has 0 saturated carbocycles. The van der Waals surface area contributed by atoms with Crippen molar-refractivity contribution < 1.29 is 4.79 Å². The van der Waals surface area contributed by atoms with Gasteiger partial charge in [-0.15, -0.1) is 5.10 Å². The van der Waals surface area contributed by atoms with Crippen molar-refractivity contribution in [2.75, 3.05) is 19.6 Å². The number of nitrogens with one attached hydrogen (secondary N) is 1. The van der Waals surface area contributed by atoms with Gasteiger partial charge in [0.2, 0.25) is 0 Å². The highest BCUT2D eigenvalue weighted by atomic mass is 32.1. The zero-order chi connectivity index (χ0) is 12.8. The summed E-state index contributed by atoms with van der Waals surface area (Å²) in [5, 5.41) is 7.19. The summed E-state index contributed by atoms with van der Waals surface area (Å²) in [5.41, 5.74) is 0. The number of amides is 1. The molecule has 1 unspecified atom stereocenters. The Kier molecular flexibility index (Phi) is 5.07. The second kappa shape index (κ2) is 6.80. The molecule has 2 heterocycles. The Morgan fingerprint density at radius 2 is 2.56 bits per heavy atom. The molecule has 0 spiro atoms. The first-order valence-electron chi connectivity index (χ1n) is 6.61. The molecule has 0 radical (unpaired) electrons. The molecule has 5 nitrogen and oxygen atoms in total. The number of hydrogen-bond donors (Lipinski definition) is 1. The number of carbonyl (C=O) groups excluding carboxylic acids is 1. The van der Waals surface area contributed by atoms with Crippen molar-refractivity contribution in [3.63, 3.8) is 0 Å². The maximum Gasteiger partial charge on any atom is 0.267 e. The third-order valence-electron chi connectivity index (χ3n) is 3.24. The predicted molar refractivity (Wildman–Crippen MR) is 71.7 cm³/mol. The highest BCUT2D eigenvalue weighted by Gasteiger charge is 2.23. The van der Waals surface area contributed by atoms with Gasteiger partial charge in [-0.05, 0) is 37.3 Å². The van der Waals surface area contributed by atoms with E-state index in [1.165, 1.54) is 18.0 Å². The summed E-state index contributed by atoms with van der Waals surface area (Å²) in [4.78, 5) is 14.9. The van der Waals surface area contributed by atoms with E-state index in [0.717, 1.165) is 38.9 Å². The minimum atomic E-state index is 0.0761. The SMILES string of the molecule is CCCCN(CC1CCCN1)C(=O)c1cnns1. The molecule has 1 amide bonds. The molecule has 1 N–H and O–H groups in total. The van der Waals surface area contributed by atoms with Gasteiger partial charge in [0.25, 0.3) is 5.91 Å². The van der Waals surface area contributed by atoms with Crippen molar-refractivity contribution in [3.8, 4) is 0 Å². The molecule has 1 aromatic rings. The van der Waals surface area contributed by atoms with Crippen molar-refractivity contribution in [1.82, 2.24) is 19.8 Å². The van der Waals surface area contributed by atoms with E-state index in [1.807, 2.05) is 4.90 Å². The molecule has 1 aliphatic heterocycles. The maximum atomic E-state index is 12.3. The molecule has 1 aliphatic rings. The average Bonchev–Trinajstić information content (AvgIpc) is 3.06. The topological polar surface area (TPSA) is 58.1 Å². The van der Waals surface area contributed by atoms with Crippen LogP contribution in [-0.2, 0) is 0 Å². The third-order valence-corrected chi connectivity index (χ3v) is 3.90. The van der Waals surface area contributed by atoms with E-state index in [-0.39, 0.29) is 5.91 Å². The summed E-state index contributed by atoms with van der Waals surface area (Å²) < 4.78 is 3.77. The van der Waals surface area contributed by atoms with Crippen LogP contribution in [0.4, 0.5) is 0 Å². The van der Waals surface area contributed by atoms with Crippen molar-refractivity contribution >= 4 is 17.4 Å². The molecule has 18 heavy (non-hydrogen) atoms. The second-order valence-electron chi connectivity index (χ2n) is 4.68.